The number of ether oxygens (including phenoxy) is 2. The predicted octanol–water partition coefficient (Wildman–Crippen LogP) is 5.00. The van der Waals surface area contributed by atoms with Gasteiger partial charge in [0.1, 0.15) is 5.57 Å². The van der Waals surface area contributed by atoms with Gasteiger partial charge in [-0.05, 0) is 53.8 Å². The summed E-state index contributed by atoms with van der Waals surface area (Å²) in [6.07, 6.45) is 0.962. The molecule has 0 bridgehead atoms. The minimum absolute atomic E-state index is 0.0394. The van der Waals surface area contributed by atoms with Gasteiger partial charge in [0.2, 0.25) is 0 Å². The Kier molecular flexibility index (Phi) is 4.49. The average molecular weight is 385 g/mol. The summed E-state index contributed by atoms with van der Waals surface area (Å²) in [6, 6.07) is 11.7. The molecule has 0 unspecified atom stereocenters. The van der Waals surface area contributed by atoms with Crippen LogP contribution in [0.2, 0.25) is 5.02 Å². The van der Waals surface area contributed by atoms with E-state index in [1.807, 2.05) is 50.2 Å². The van der Waals surface area contributed by atoms with Gasteiger partial charge in [0, 0.05) is 17.9 Å². The maximum absolute atomic E-state index is 12.6. The third-order valence-corrected chi connectivity index (χ3v) is 5.71. The van der Waals surface area contributed by atoms with E-state index < -0.39 is 11.6 Å². The monoisotopic (exact) mass is 384 g/mol. The van der Waals surface area contributed by atoms with Gasteiger partial charge in [-0.3, -0.25) is 0 Å². The number of benzene rings is 2. The van der Waals surface area contributed by atoms with E-state index in [0.717, 1.165) is 27.8 Å². The number of aryl methyl sites for hydroxylation is 2. The van der Waals surface area contributed by atoms with E-state index in [1.165, 1.54) is 0 Å². The molecule has 4 nitrogen and oxygen atoms in total. The van der Waals surface area contributed by atoms with Crippen molar-refractivity contribution in [2.75, 3.05) is 13.2 Å². The van der Waals surface area contributed by atoms with Crippen LogP contribution in [0.25, 0.3) is 16.7 Å². The molecule has 2 aliphatic rings. The standard InChI is InChI=1S/C22H21ClO4/c1-13-12-18(14(2)11-17(13)15-3-5-16(23)6-4-15)19-20(24)22(27-21(19)25)7-9-26-10-8-22/h3-6,11-12,24H,7-10H2,1-2H3. The maximum Gasteiger partial charge on any atom is 0.343 e. The largest absolute Gasteiger partial charge is 0.507 e. The van der Waals surface area contributed by atoms with Crippen LogP contribution in [0.4, 0.5) is 0 Å². The second kappa shape index (κ2) is 6.70. The second-order valence-corrected chi connectivity index (χ2v) is 7.65. The number of carbonyl (C=O) groups excluding carboxylic acids is 1. The number of aliphatic hydroxyl groups is 1. The van der Waals surface area contributed by atoms with E-state index in [9.17, 15) is 9.90 Å². The molecule has 0 radical (unpaired) electrons. The lowest BCUT2D eigenvalue weighted by atomic mass is 9.87. The van der Waals surface area contributed by atoms with Crippen LogP contribution >= 0.6 is 11.6 Å². The topological polar surface area (TPSA) is 55.8 Å². The highest BCUT2D eigenvalue weighted by molar-refractivity contribution is 6.30. The molecule has 0 saturated carbocycles. The Morgan fingerprint density at radius 3 is 2.26 bits per heavy atom. The summed E-state index contributed by atoms with van der Waals surface area (Å²) in [5, 5.41) is 11.6. The van der Waals surface area contributed by atoms with Gasteiger partial charge in [-0.15, -0.1) is 0 Å². The summed E-state index contributed by atoms with van der Waals surface area (Å²) < 4.78 is 11.0. The highest BCUT2D eigenvalue weighted by atomic mass is 35.5. The molecule has 2 heterocycles. The number of halogens is 1. The molecule has 5 heteroatoms. The molecule has 0 amide bonds. The van der Waals surface area contributed by atoms with Crippen LogP contribution in [-0.4, -0.2) is 29.9 Å². The van der Waals surface area contributed by atoms with E-state index in [2.05, 4.69) is 0 Å². The lowest BCUT2D eigenvalue weighted by molar-refractivity contribution is -0.154. The molecule has 0 aliphatic carbocycles. The van der Waals surface area contributed by atoms with Gasteiger partial charge in [-0.25, -0.2) is 4.79 Å². The van der Waals surface area contributed by atoms with Gasteiger partial charge in [0.15, 0.2) is 11.4 Å². The molecule has 2 aromatic carbocycles. The molecule has 2 aliphatic heterocycles. The summed E-state index contributed by atoms with van der Waals surface area (Å²) in [5.41, 5.74) is 4.11. The fraction of sp³-hybridized carbons (Fsp3) is 0.318. The normalized spacial score (nSPS) is 18.9. The van der Waals surface area contributed by atoms with Crippen LogP contribution in [0.1, 0.15) is 29.5 Å². The summed E-state index contributed by atoms with van der Waals surface area (Å²) in [7, 11) is 0. The number of carbonyl (C=O) groups is 1. The molecule has 1 N–H and O–H groups in total. The van der Waals surface area contributed by atoms with Gasteiger partial charge in [0.05, 0.1) is 13.2 Å². The van der Waals surface area contributed by atoms with Gasteiger partial charge in [-0.1, -0.05) is 35.9 Å². The fourth-order valence-corrected chi connectivity index (χ4v) is 4.03. The van der Waals surface area contributed by atoms with Crippen molar-refractivity contribution in [2.45, 2.75) is 32.3 Å². The fourth-order valence-electron chi connectivity index (χ4n) is 3.90. The van der Waals surface area contributed by atoms with Crippen LogP contribution in [0, 0.1) is 13.8 Å². The summed E-state index contributed by atoms with van der Waals surface area (Å²) in [6.45, 7) is 4.88. The van der Waals surface area contributed by atoms with E-state index in [4.69, 9.17) is 21.1 Å². The van der Waals surface area contributed by atoms with Crippen LogP contribution in [0.5, 0.6) is 0 Å². The first-order chi connectivity index (χ1) is 12.9. The number of rotatable bonds is 2. The zero-order valence-corrected chi connectivity index (χ0v) is 16.1. The van der Waals surface area contributed by atoms with E-state index in [0.29, 0.717) is 31.1 Å². The summed E-state index contributed by atoms with van der Waals surface area (Å²) in [4.78, 5) is 12.6. The lowest BCUT2D eigenvalue weighted by Gasteiger charge is -2.31. The number of esters is 1. The van der Waals surface area contributed by atoms with Crippen molar-refractivity contribution in [3.63, 3.8) is 0 Å². The molecule has 0 aromatic heterocycles. The number of hydrogen-bond donors (Lipinski definition) is 1. The Morgan fingerprint density at radius 2 is 1.59 bits per heavy atom. The summed E-state index contributed by atoms with van der Waals surface area (Å²) >= 11 is 5.99. The molecule has 1 saturated heterocycles. The van der Waals surface area contributed by atoms with Crippen LogP contribution < -0.4 is 0 Å². The molecular weight excluding hydrogens is 364 g/mol. The Balaban J connectivity index is 1.79. The Labute approximate surface area is 163 Å². The highest BCUT2D eigenvalue weighted by Gasteiger charge is 2.49. The van der Waals surface area contributed by atoms with Gasteiger partial charge < -0.3 is 14.6 Å². The van der Waals surface area contributed by atoms with Gasteiger partial charge in [0.25, 0.3) is 0 Å². The highest BCUT2D eigenvalue weighted by Crippen LogP contribution is 2.44. The number of hydrogen-bond acceptors (Lipinski definition) is 4. The minimum Gasteiger partial charge on any atom is -0.507 e. The van der Waals surface area contributed by atoms with E-state index >= 15 is 0 Å². The summed E-state index contributed by atoms with van der Waals surface area (Å²) in [5.74, 6) is -0.423. The molecule has 1 spiro atoms. The van der Waals surface area contributed by atoms with Crippen LogP contribution in [0.3, 0.4) is 0 Å². The van der Waals surface area contributed by atoms with Crippen molar-refractivity contribution >= 4 is 23.1 Å². The van der Waals surface area contributed by atoms with E-state index in [1.54, 1.807) is 0 Å². The Hall–Kier alpha value is -2.30. The third kappa shape index (κ3) is 3.03. The molecule has 0 atom stereocenters. The quantitative estimate of drug-likeness (QED) is 0.740. The van der Waals surface area contributed by atoms with Gasteiger partial charge in [-0.2, -0.15) is 0 Å². The van der Waals surface area contributed by atoms with Crippen LogP contribution in [-0.2, 0) is 14.3 Å². The van der Waals surface area contributed by atoms with Crippen molar-refractivity contribution in [1.29, 1.82) is 0 Å². The van der Waals surface area contributed by atoms with Gasteiger partial charge >= 0.3 is 5.97 Å². The predicted molar refractivity (Wildman–Crippen MR) is 105 cm³/mol. The molecule has 4 rings (SSSR count). The Morgan fingerprint density at radius 1 is 1.00 bits per heavy atom. The molecule has 27 heavy (non-hydrogen) atoms. The van der Waals surface area contributed by atoms with Crippen molar-refractivity contribution in [2.24, 2.45) is 0 Å². The molecular formula is C22H21ClO4. The molecule has 140 valence electrons. The minimum atomic E-state index is -0.931. The van der Waals surface area contributed by atoms with E-state index in [-0.39, 0.29) is 11.3 Å². The first-order valence-electron chi connectivity index (χ1n) is 9.04. The van der Waals surface area contributed by atoms with Crippen molar-refractivity contribution in [3.8, 4) is 11.1 Å². The van der Waals surface area contributed by atoms with Crippen molar-refractivity contribution in [1.82, 2.24) is 0 Å². The second-order valence-electron chi connectivity index (χ2n) is 7.21. The zero-order valence-electron chi connectivity index (χ0n) is 15.3. The maximum atomic E-state index is 12.6. The average Bonchev–Trinajstić information content (AvgIpc) is 2.88. The van der Waals surface area contributed by atoms with Crippen molar-refractivity contribution < 1.29 is 19.4 Å². The smallest absolute Gasteiger partial charge is 0.343 e. The SMILES string of the molecule is Cc1cc(-c2ccc(Cl)cc2)c(C)cc1C1=C(O)C2(CCOCC2)OC1=O. The molecule has 1 fully saturated rings. The third-order valence-electron chi connectivity index (χ3n) is 5.46. The number of aliphatic hydroxyl groups excluding tert-OH is 1. The first kappa shape index (κ1) is 18.1. The molecule has 2 aromatic rings. The van der Waals surface area contributed by atoms with Crippen molar-refractivity contribution in [3.05, 3.63) is 63.9 Å². The first-order valence-corrected chi connectivity index (χ1v) is 9.41. The zero-order chi connectivity index (χ0) is 19.2. The lowest BCUT2D eigenvalue weighted by Crippen LogP contribution is -2.38. The van der Waals surface area contributed by atoms with Crippen LogP contribution in [0.15, 0.2) is 42.2 Å². The Bertz CT molecular complexity index is 938.